The highest BCUT2D eigenvalue weighted by Gasteiger charge is 2.45. The van der Waals surface area contributed by atoms with Crippen LogP contribution in [0.15, 0.2) is 71.9 Å². The summed E-state index contributed by atoms with van der Waals surface area (Å²) in [6.07, 6.45) is 7.59. The minimum absolute atomic E-state index is 0.274. The number of hydrogen-bond acceptors (Lipinski definition) is 5. The maximum absolute atomic E-state index is 12.2. The van der Waals surface area contributed by atoms with E-state index in [1.54, 1.807) is 0 Å². The third kappa shape index (κ3) is 4.25. The second kappa shape index (κ2) is 8.21. The highest BCUT2D eigenvalue weighted by atomic mass is 16.6. The molecule has 1 fully saturated rings. The normalized spacial score (nSPS) is 31.0. The summed E-state index contributed by atoms with van der Waals surface area (Å²) < 4.78 is 17.1. The van der Waals surface area contributed by atoms with Crippen LogP contribution in [0.5, 0.6) is 0 Å². The van der Waals surface area contributed by atoms with Gasteiger partial charge in [0.1, 0.15) is 12.2 Å². The molecule has 0 N–H and O–H groups in total. The second-order valence-corrected chi connectivity index (χ2v) is 7.66. The molecule has 5 nitrogen and oxygen atoms in total. The predicted octanol–water partition coefficient (Wildman–Crippen LogP) is 3.77. The van der Waals surface area contributed by atoms with Crippen molar-refractivity contribution in [3.63, 3.8) is 0 Å². The number of hydrogen-bond donors (Lipinski definition) is 0. The molecule has 1 saturated heterocycles. The Morgan fingerprint density at radius 3 is 2.69 bits per heavy atom. The summed E-state index contributed by atoms with van der Waals surface area (Å²) in [4.78, 5) is 24.4. The van der Waals surface area contributed by atoms with Crippen molar-refractivity contribution in [2.24, 2.45) is 5.92 Å². The molecule has 0 saturated carbocycles. The molecule has 0 spiro atoms. The van der Waals surface area contributed by atoms with E-state index in [1.807, 2.05) is 61.6 Å². The smallest absolute Gasteiger partial charge is 0.334 e. The van der Waals surface area contributed by atoms with Crippen LogP contribution in [-0.4, -0.2) is 36.9 Å². The number of benzene rings is 1. The molecule has 4 atom stereocenters. The van der Waals surface area contributed by atoms with Crippen molar-refractivity contribution in [3.05, 3.63) is 77.4 Å². The molecule has 0 amide bonds. The van der Waals surface area contributed by atoms with Gasteiger partial charge in [-0.1, -0.05) is 60.7 Å². The molecule has 150 valence electrons. The lowest BCUT2D eigenvalue weighted by Gasteiger charge is -2.25. The van der Waals surface area contributed by atoms with Gasteiger partial charge in [-0.2, -0.15) is 0 Å². The number of ether oxygens (including phenoxy) is 3. The average Bonchev–Trinajstić information content (AvgIpc) is 3.17. The lowest BCUT2D eigenvalue weighted by atomic mass is 9.85. The van der Waals surface area contributed by atoms with Gasteiger partial charge < -0.3 is 14.2 Å². The van der Waals surface area contributed by atoms with E-state index >= 15 is 0 Å². The van der Waals surface area contributed by atoms with E-state index in [4.69, 9.17) is 14.2 Å². The standard InChI is InChI=1S/C24H24O5/c1-15-11-19-13-18(24(26)28-19)14-21-22(16(2)23(25)29-21)20(12-15)27-10-6-9-17-7-4-3-5-8-17/h3-9,12-13,19-22H,2,10-11,14H2,1H3/b9-6+,15-12+/t19-,20-,21+,22+/m1/s1. The number of rotatable bonds is 4. The maximum atomic E-state index is 12.2. The highest BCUT2D eigenvalue weighted by Crippen LogP contribution is 2.38. The van der Waals surface area contributed by atoms with Crippen LogP contribution in [0, 0.1) is 5.92 Å². The summed E-state index contributed by atoms with van der Waals surface area (Å²) in [6.45, 7) is 6.30. The van der Waals surface area contributed by atoms with Gasteiger partial charge in [-0.15, -0.1) is 0 Å². The van der Waals surface area contributed by atoms with Crippen molar-refractivity contribution < 1.29 is 23.8 Å². The zero-order valence-electron chi connectivity index (χ0n) is 16.4. The zero-order valence-corrected chi connectivity index (χ0v) is 16.4. The van der Waals surface area contributed by atoms with Crippen molar-refractivity contribution in [2.45, 2.75) is 38.1 Å². The van der Waals surface area contributed by atoms with Crippen LogP contribution in [-0.2, 0) is 23.8 Å². The van der Waals surface area contributed by atoms with Crippen LogP contribution in [0.25, 0.3) is 6.08 Å². The summed E-state index contributed by atoms with van der Waals surface area (Å²) >= 11 is 0. The van der Waals surface area contributed by atoms with Gasteiger partial charge in [0.2, 0.25) is 0 Å². The van der Waals surface area contributed by atoms with E-state index < -0.39 is 12.1 Å². The van der Waals surface area contributed by atoms with Crippen molar-refractivity contribution in [1.82, 2.24) is 0 Å². The van der Waals surface area contributed by atoms with Crippen molar-refractivity contribution >= 4 is 18.0 Å². The summed E-state index contributed by atoms with van der Waals surface area (Å²) in [5.41, 5.74) is 3.07. The topological polar surface area (TPSA) is 61.8 Å². The molecule has 3 aliphatic rings. The zero-order chi connectivity index (χ0) is 20.4. The molecule has 4 rings (SSSR count). The number of carbonyl (C=O) groups excluding carboxylic acids is 2. The first-order valence-corrected chi connectivity index (χ1v) is 9.83. The van der Waals surface area contributed by atoms with E-state index in [0.29, 0.717) is 30.6 Å². The summed E-state index contributed by atoms with van der Waals surface area (Å²) in [5, 5.41) is 0. The number of esters is 2. The quantitative estimate of drug-likeness (QED) is 0.443. The Morgan fingerprint density at radius 2 is 1.90 bits per heavy atom. The van der Waals surface area contributed by atoms with Crippen molar-refractivity contribution in [1.29, 1.82) is 0 Å². The largest absolute Gasteiger partial charge is 0.458 e. The van der Waals surface area contributed by atoms with Crippen LogP contribution in [0.2, 0.25) is 0 Å². The molecule has 1 aromatic carbocycles. The van der Waals surface area contributed by atoms with E-state index in [-0.39, 0.29) is 24.1 Å². The van der Waals surface area contributed by atoms with Gasteiger partial charge in [-0.25, -0.2) is 9.59 Å². The van der Waals surface area contributed by atoms with Gasteiger partial charge in [0.15, 0.2) is 0 Å². The van der Waals surface area contributed by atoms with Crippen molar-refractivity contribution in [3.8, 4) is 0 Å². The summed E-state index contributed by atoms with van der Waals surface area (Å²) in [6, 6.07) is 9.98. The Bertz CT molecular complexity index is 908. The molecule has 1 aliphatic carbocycles. The van der Waals surface area contributed by atoms with E-state index in [1.165, 1.54) is 0 Å². The fourth-order valence-electron chi connectivity index (χ4n) is 4.07. The molecular weight excluding hydrogens is 368 g/mol. The first-order valence-electron chi connectivity index (χ1n) is 9.83. The van der Waals surface area contributed by atoms with Crippen LogP contribution < -0.4 is 0 Å². The number of fused-ring (bicyclic) bond motifs is 2. The molecular formula is C24H24O5. The summed E-state index contributed by atoms with van der Waals surface area (Å²) in [5.74, 6) is -1.10. The lowest BCUT2D eigenvalue weighted by molar-refractivity contribution is -0.142. The molecule has 0 unspecified atom stereocenters. The van der Waals surface area contributed by atoms with E-state index in [2.05, 4.69) is 6.58 Å². The lowest BCUT2D eigenvalue weighted by Crippen LogP contribution is -2.31. The van der Waals surface area contributed by atoms with Gasteiger partial charge in [0.05, 0.1) is 18.6 Å². The third-order valence-corrected chi connectivity index (χ3v) is 5.47. The molecule has 2 heterocycles. The van der Waals surface area contributed by atoms with Gasteiger partial charge in [0, 0.05) is 24.0 Å². The molecule has 1 aromatic rings. The highest BCUT2D eigenvalue weighted by molar-refractivity contribution is 5.93. The minimum atomic E-state index is -0.488. The van der Waals surface area contributed by atoms with Gasteiger partial charge in [-0.3, -0.25) is 0 Å². The van der Waals surface area contributed by atoms with Gasteiger partial charge in [0.25, 0.3) is 0 Å². The maximum Gasteiger partial charge on any atom is 0.334 e. The first kappa shape index (κ1) is 19.4. The fourth-order valence-corrected chi connectivity index (χ4v) is 4.07. The van der Waals surface area contributed by atoms with Crippen LogP contribution in [0.1, 0.15) is 25.3 Å². The second-order valence-electron chi connectivity index (χ2n) is 7.66. The molecule has 5 heteroatoms. The average molecular weight is 392 g/mol. The third-order valence-electron chi connectivity index (χ3n) is 5.47. The van der Waals surface area contributed by atoms with Crippen molar-refractivity contribution in [2.75, 3.05) is 6.61 Å². The monoisotopic (exact) mass is 392 g/mol. The number of carbonyl (C=O) groups is 2. The van der Waals surface area contributed by atoms with Gasteiger partial charge >= 0.3 is 11.9 Å². The van der Waals surface area contributed by atoms with Crippen LogP contribution >= 0.6 is 0 Å². The SMILES string of the molecule is C=C1C(=O)O[C@H]2CC3=C[C@@H](C/C(C)=C/[C@@H](OC/C=C/c4ccccc4)[C@H]12)OC3=O. The summed E-state index contributed by atoms with van der Waals surface area (Å²) in [7, 11) is 0. The molecule has 0 aromatic heterocycles. The Kier molecular flexibility index (Phi) is 5.49. The Hall–Kier alpha value is -2.92. The fraction of sp³-hybridized carbons (Fsp3) is 0.333. The van der Waals surface area contributed by atoms with E-state index in [9.17, 15) is 9.59 Å². The van der Waals surface area contributed by atoms with Crippen LogP contribution in [0.3, 0.4) is 0 Å². The Balaban J connectivity index is 1.55. The molecule has 0 radical (unpaired) electrons. The van der Waals surface area contributed by atoms with E-state index in [0.717, 1.165) is 11.1 Å². The molecule has 2 aliphatic heterocycles. The van der Waals surface area contributed by atoms with Gasteiger partial charge in [-0.05, 0) is 18.6 Å². The molecule has 2 bridgehead atoms. The molecule has 29 heavy (non-hydrogen) atoms. The first-order chi connectivity index (χ1) is 14.0. The van der Waals surface area contributed by atoms with Crippen LogP contribution in [0.4, 0.5) is 0 Å². The Morgan fingerprint density at radius 1 is 1.10 bits per heavy atom. The Labute approximate surface area is 170 Å². The minimum Gasteiger partial charge on any atom is -0.458 e. The predicted molar refractivity (Wildman–Crippen MR) is 109 cm³/mol.